The van der Waals surface area contributed by atoms with Crippen molar-refractivity contribution >= 4 is 0 Å². The maximum Gasteiger partial charge on any atom is 0.164 e. The third-order valence-electron chi connectivity index (χ3n) is 2.43. The standard InChI is InChI=1S/C13H9N5/c1-2-11(8-15-5-1)13-17-9-16-12(18-13)10-3-6-14-7-4-10/h1-9H. The van der Waals surface area contributed by atoms with Crippen LogP contribution in [0.2, 0.25) is 0 Å². The summed E-state index contributed by atoms with van der Waals surface area (Å²) in [6.07, 6.45) is 8.37. The summed E-state index contributed by atoms with van der Waals surface area (Å²) in [7, 11) is 0. The first-order chi connectivity index (χ1) is 8.93. The lowest BCUT2D eigenvalue weighted by Crippen LogP contribution is -1.95. The van der Waals surface area contributed by atoms with Crippen molar-refractivity contribution in [2.75, 3.05) is 0 Å². The van der Waals surface area contributed by atoms with E-state index in [1.807, 2.05) is 24.3 Å². The minimum absolute atomic E-state index is 0.616. The zero-order valence-corrected chi connectivity index (χ0v) is 9.43. The second kappa shape index (κ2) is 4.67. The molecule has 0 saturated carbocycles. The molecule has 3 rings (SSSR count). The summed E-state index contributed by atoms with van der Waals surface area (Å²) < 4.78 is 0. The van der Waals surface area contributed by atoms with Crippen molar-refractivity contribution in [3.63, 3.8) is 0 Å². The van der Waals surface area contributed by atoms with Crippen LogP contribution < -0.4 is 0 Å². The Kier molecular flexibility index (Phi) is 2.71. The minimum atomic E-state index is 0.616. The van der Waals surface area contributed by atoms with Crippen molar-refractivity contribution in [3.05, 3.63) is 55.4 Å². The average molecular weight is 235 g/mol. The van der Waals surface area contributed by atoms with Gasteiger partial charge >= 0.3 is 0 Å². The van der Waals surface area contributed by atoms with Gasteiger partial charge in [-0.2, -0.15) is 0 Å². The van der Waals surface area contributed by atoms with E-state index in [1.165, 1.54) is 6.33 Å². The highest BCUT2D eigenvalue weighted by atomic mass is 15.0. The van der Waals surface area contributed by atoms with Crippen molar-refractivity contribution in [1.29, 1.82) is 0 Å². The van der Waals surface area contributed by atoms with E-state index in [0.717, 1.165) is 11.1 Å². The molecule has 5 heteroatoms. The molecular weight excluding hydrogens is 226 g/mol. The maximum atomic E-state index is 4.42. The second-order valence-electron chi connectivity index (χ2n) is 3.61. The summed E-state index contributed by atoms with van der Waals surface area (Å²) >= 11 is 0. The average Bonchev–Trinajstić information content (AvgIpc) is 2.49. The summed E-state index contributed by atoms with van der Waals surface area (Å²) in [6.45, 7) is 0. The van der Waals surface area contributed by atoms with Gasteiger partial charge in [0.2, 0.25) is 0 Å². The van der Waals surface area contributed by atoms with Crippen LogP contribution in [0.1, 0.15) is 0 Å². The van der Waals surface area contributed by atoms with E-state index in [0.29, 0.717) is 11.6 Å². The molecule has 3 aromatic rings. The Hall–Kier alpha value is -2.69. The molecule has 86 valence electrons. The Bertz CT molecular complexity index is 585. The molecule has 18 heavy (non-hydrogen) atoms. The van der Waals surface area contributed by atoms with Crippen LogP contribution in [0.15, 0.2) is 55.4 Å². The quantitative estimate of drug-likeness (QED) is 0.679. The molecular formula is C13H9N5. The molecule has 0 aliphatic heterocycles. The Balaban J connectivity index is 2.05. The molecule has 0 bridgehead atoms. The number of aromatic nitrogens is 5. The van der Waals surface area contributed by atoms with E-state index < -0.39 is 0 Å². The Morgan fingerprint density at radius 3 is 2.22 bits per heavy atom. The third-order valence-corrected chi connectivity index (χ3v) is 2.43. The number of hydrogen-bond acceptors (Lipinski definition) is 5. The fourth-order valence-corrected chi connectivity index (χ4v) is 1.57. The molecule has 0 saturated heterocycles. The molecule has 0 aromatic carbocycles. The number of nitrogens with zero attached hydrogens (tertiary/aromatic N) is 5. The lowest BCUT2D eigenvalue weighted by Gasteiger charge is -2.02. The highest BCUT2D eigenvalue weighted by Crippen LogP contribution is 2.17. The summed E-state index contributed by atoms with van der Waals surface area (Å²) in [4.78, 5) is 20.8. The Labute approximate surface area is 104 Å². The highest BCUT2D eigenvalue weighted by Gasteiger charge is 2.05. The molecule has 0 unspecified atom stereocenters. The Morgan fingerprint density at radius 1 is 0.722 bits per heavy atom. The molecule has 0 aliphatic rings. The van der Waals surface area contributed by atoms with Gasteiger partial charge in [0, 0.05) is 35.9 Å². The van der Waals surface area contributed by atoms with Crippen LogP contribution in [0, 0.1) is 0 Å². The normalized spacial score (nSPS) is 10.2. The van der Waals surface area contributed by atoms with Crippen LogP contribution in [0.3, 0.4) is 0 Å². The van der Waals surface area contributed by atoms with Gasteiger partial charge in [-0.3, -0.25) is 9.97 Å². The maximum absolute atomic E-state index is 4.42. The number of hydrogen-bond donors (Lipinski definition) is 0. The van der Waals surface area contributed by atoms with Gasteiger partial charge in [0.05, 0.1) is 0 Å². The van der Waals surface area contributed by atoms with Gasteiger partial charge in [-0.25, -0.2) is 15.0 Å². The summed E-state index contributed by atoms with van der Waals surface area (Å²) in [5, 5.41) is 0. The van der Waals surface area contributed by atoms with Crippen LogP contribution >= 0.6 is 0 Å². The van der Waals surface area contributed by atoms with E-state index in [2.05, 4.69) is 24.9 Å². The van der Waals surface area contributed by atoms with Crippen LogP contribution in [0.4, 0.5) is 0 Å². The van der Waals surface area contributed by atoms with Gasteiger partial charge in [0.1, 0.15) is 6.33 Å². The van der Waals surface area contributed by atoms with E-state index in [4.69, 9.17) is 0 Å². The third kappa shape index (κ3) is 2.06. The lowest BCUT2D eigenvalue weighted by molar-refractivity contribution is 1.06. The topological polar surface area (TPSA) is 64.5 Å². The van der Waals surface area contributed by atoms with Crippen LogP contribution in [-0.2, 0) is 0 Å². The number of pyridine rings is 2. The van der Waals surface area contributed by atoms with Gasteiger partial charge in [0.25, 0.3) is 0 Å². The molecule has 0 amide bonds. The Morgan fingerprint density at radius 2 is 1.50 bits per heavy atom. The van der Waals surface area contributed by atoms with Crippen molar-refractivity contribution in [2.24, 2.45) is 0 Å². The van der Waals surface area contributed by atoms with Gasteiger partial charge in [-0.1, -0.05) is 0 Å². The first-order valence-electron chi connectivity index (χ1n) is 5.43. The van der Waals surface area contributed by atoms with Crippen LogP contribution in [-0.4, -0.2) is 24.9 Å². The predicted molar refractivity (Wildman–Crippen MR) is 66.3 cm³/mol. The SMILES string of the molecule is c1cncc(-c2ncnc(-c3ccncc3)n2)c1. The van der Waals surface area contributed by atoms with Gasteiger partial charge in [0.15, 0.2) is 11.6 Å². The lowest BCUT2D eigenvalue weighted by atomic mass is 10.2. The molecule has 0 radical (unpaired) electrons. The number of rotatable bonds is 2. The second-order valence-corrected chi connectivity index (χ2v) is 3.61. The molecule has 0 spiro atoms. The molecule has 3 aromatic heterocycles. The highest BCUT2D eigenvalue weighted by molar-refractivity contribution is 5.59. The summed E-state index contributed by atoms with van der Waals surface area (Å²) in [6, 6.07) is 7.49. The fourth-order valence-electron chi connectivity index (χ4n) is 1.57. The zero-order chi connectivity index (χ0) is 12.2. The zero-order valence-electron chi connectivity index (χ0n) is 9.43. The first-order valence-corrected chi connectivity index (χ1v) is 5.43. The van der Waals surface area contributed by atoms with Crippen molar-refractivity contribution in [2.45, 2.75) is 0 Å². The van der Waals surface area contributed by atoms with Gasteiger partial charge in [-0.05, 0) is 24.3 Å². The van der Waals surface area contributed by atoms with E-state index in [-0.39, 0.29) is 0 Å². The monoisotopic (exact) mass is 235 g/mol. The van der Waals surface area contributed by atoms with Crippen LogP contribution in [0.25, 0.3) is 22.8 Å². The molecule has 0 fully saturated rings. The molecule has 0 atom stereocenters. The van der Waals surface area contributed by atoms with Gasteiger partial charge in [-0.15, -0.1) is 0 Å². The summed E-state index contributed by atoms with van der Waals surface area (Å²) in [5.74, 6) is 1.25. The van der Waals surface area contributed by atoms with Crippen molar-refractivity contribution < 1.29 is 0 Å². The largest absolute Gasteiger partial charge is 0.265 e. The minimum Gasteiger partial charge on any atom is -0.265 e. The van der Waals surface area contributed by atoms with Crippen LogP contribution in [0.5, 0.6) is 0 Å². The van der Waals surface area contributed by atoms with Crippen molar-refractivity contribution in [3.8, 4) is 22.8 Å². The fraction of sp³-hybridized carbons (Fsp3) is 0. The van der Waals surface area contributed by atoms with E-state index in [9.17, 15) is 0 Å². The summed E-state index contributed by atoms with van der Waals surface area (Å²) in [5.41, 5.74) is 1.78. The molecule has 3 heterocycles. The molecule has 0 N–H and O–H groups in total. The smallest absolute Gasteiger partial charge is 0.164 e. The molecule has 0 aliphatic carbocycles. The van der Waals surface area contributed by atoms with Crippen molar-refractivity contribution in [1.82, 2.24) is 24.9 Å². The van der Waals surface area contributed by atoms with E-state index >= 15 is 0 Å². The predicted octanol–water partition coefficient (Wildman–Crippen LogP) is 2.00. The van der Waals surface area contributed by atoms with Gasteiger partial charge < -0.3 is 0 Å². The molecule has 5 nitrogen and oxygen atoms in total. The van der Waals surface area contributed by atoms with E-state index in [1.54, 1.807) is 24.8 Å². The first kappa shape index (κ1) is 10.5.